The van der Waals surface area contributed by atoms with Gasteiger partial charge in [-0.3, -0.25) is 4.79 Å². The number of Topliss-reactive ketones (excluding diaryl/α,β-unsaturated/α-hetero) is 1. The minimum atomic E-state index is -0.484. The van der Waals surface area contributed by atoms with E-state index in [9.17, 15) is 20.1 Å². The number of methoxy groups -OCH3 is 1. The number of anilines is 1. The number of aliphatic hydroxyl groups is 2. The molecule has 56 heavy (non-hydrogen) atoms. The van der Waals surface area contributed by atoms with Gasteiger partial charge in [-0.25, -0.2) is 0 Å². The van der Waals surface area contributed by atoms with Gasteiger partial charge in [0.25, 0.3) is 0 Å². The standard InChI is InChI=1S/C48H55NO7/c1-4-36-28-46(53)44-13-8-22-55-42(27-38-26-40(51)19-17-37(38)11-6-5-9-33-10-7-12-39(23-33)49-30-32(2)50)29-41(52)18-14-34-16-21-47(54-3)48(25-34)56-31-35-15-20-43(44)45(36)24-35/h7,10,12,15-17,19-21,23-26,28,32,37-38,42,49-51,53H,4-6,9,11,13-14,18,27,29-31H2,1-3H3. The number of fused-ring (bicyclic) bond motifs is 9. The van der Waals surface area contributed by atoms with Gasteiger partial charge in [0.15, 0.2) is 11.5 Å². The van der Waals surface area contributed by atoms with Crippen molar-refractivity contribution in [3.63, 3.8) is 0 Å². The largest absolute Gasteiger partial charge is 0.508 e. The summed E-state index contributed by atoms with van der Waals surface area (Å²) in [6.45, 7) is 4.69. The van der Waals surface area contributed by atoms with E-state index in [0.29, 0.717) is 43.9 Å². The Kier molecular flexibility index (Phi) is 14.0. The number of nitrogens with one attached hydrogen (secondary N) is 1. The first kappa shape index (κ1) is 40.3. The Morgan fingerprint density at radius 2 is 1.84 bits per heavy atom. The number of rotatable bonds is 12. The monoisotopic (exact) mass is 757 g/mol. The highest BCUT2D eigenvalue weighted by atomic mass is 16.5. The Morgan fingerprint density at radius 3 is 2.66 bits per heavy atom. The number of aryl methyl sites for hydroxylation is 3. The fourth-order valence-corrected chi connectivity index (χ4v) is 7.80. The summed E-state index contributed by atoms with van der Waals surface area (Å²) >= 11 is 0. The van der Waals surface area contributed by atoms with E-state index >= 15 is 0 Å². The second-order valence-corrected chi connectivity index (χ2v) is 15.2. The third kappa shape index (κ3) is 10.9. The Morgan fingerprint density at radius 1 is 0.982 bits per heavy atom. The molecule has 4 aromatic rings. The van der Waals surface area contributed by atoms with Crippen LogP contribution >= 0.6 is 0 Å². The second-order valence-electron chi connectivity index (χ2n) is 15.2. The molecular formula is C48H55NO7. The van der Waals surface area contributed by atoms with Crippen molar-refractivity contribution in [2.45, 2.75) is 96.9 Å². The van der Waals surface area contributed by atoms with Crippen molar-refractivity contribution >= 4 is 22.2 Å². The molecule has 0 saturated carbocycles. The maximum Gasteiger partial charge on any atom is 0.161 e. The number of phenolic OH excluding ortho intramolecular Hbond substituents is 1. The Balaban J connectivity index is 1.20. The van der Waals surface area contributed by atoms with Crippen LogP contribution in [0.2, 0.25) is 0 Å². The molecule has 4 N–H and O–H groups in total. The first-order valence-corrected chi connectivity index (χ1v) is 20.0. The summed E-state index contributed by atoms with van der Waals surface area (Å²) in [5, 5.41) is 36.6. The zero-order chi connectivity index (χ0) is 39.4. The summed E-state index contributed by atoms with van der Waals surface area (Å²) in [7, 11) is 1.62. The summed E-state index contributed by atoms with van der Waals surface area (Å²) in [5.41, 5.74) is 5.99. The highest BCUT2D eigenvalue weighted by Gasteiger charge is 2.27. The fourth-order valence-electron chi connectivity index (χ4n) is 7.80. The number of benzene rings is 4. The smallest absolute Gasteiger partial charge is 0.161 e. The van der Waals surface area contributed by atoms with E-state index in [1.165, 1.54) is 5.56 Å². The lowest BCUT2D eigenvalue weighted by molar-refractivity contribution is -0.121. The summed E-state index contributed by atoms with van der Waals surface area (Å²) < 4.78 is 18.1. The summed E-state index contributed by atoms with van der Waals surface area (Å²) in [6, 6.07) is 22.1. The molecule has 6 bridgehead atoms. The van der Waals surface area contributed by atoms with Crippen LogP contribution in [0.1, 0.15) is 80.2 Å². The Hall–Kier alpha value is -5.39. The van der Waals surface area contributed by atoms with Crippen molar-refractivity contribution in [3.05, 3.63) is 119 Å². The molecule has 0 spiro atoms. The Bertz CT molecular complexity index is 2110. The fraction of sp³-hybridized carbons (Fsp3) is 0.396. The van der Waals surface area contributed by atoms with Gasteiger partial charge in [-0.1, -0.05) is 55.7 Å². The maximum atomic E-state index is 13.6. The normalized spacial score (nSPS) is 19.1. The van der Waals surface area contributed by atoms with Crippen molar-refractivity contribution in [2.24, 2.45) is 11.8 Å². The van der Waals surface area contributed by atoms with Crippen LogP contribution in [-0.4, -0.2) is 47.0 Å². The molecule has 0 fully saturated rings. The predicted molar refractivity (Wildman–Crippen MR) is 222 cm³/mol. The predicted octanol–water partition coefficient (Wildman–Crippen LogP) is 9.33. The number of hydrogen-bond acceptors (Lipinski definition) is 8. The summed E-state index contributed by atoms with van der Waals surface area (Å²) in [6.07, 6.45) is 14.3. The molecule has 294 valence electrons. The van der Waals surface area contributed by atoms with Crippen LogP contribution in [0.5, 0.6) is 17.2 Å². The van der Waals surface area contributed by atoms with E-state index in [4.69, 9.17) is 14.2 Å². The minimum absolute atomic E-state index is 0.0284. The number of ether oxygens (including phenoxy) is 3. The number of aliphatic hydroxyl groups excluding tert-OH is 2. The number of carbonyl (C=O) groups is 1. The van der Waals surface area contributed by atoms with E-state index < -0.39 is 12.2 Å². The van der Waals surface area contributed by atoms with Gasteiger partial charge in [-0.2, -0.15) is 0 Å². The quantitative estimate of drug-likeness (QED) is 0.0835. The van der Waals surface area contributed by atoms with Gasteiger partial charge in [-0.15, -0.1) is 0 Å². The van der Waals surface area contributed by atoms with Crippen LogP contribution in [-0.2, 0) is 41.8 Å². The van der Waals surface area contributed by atoms with E-state index in [1.807, 2.05) is 54.6 Å². The maximum absolute atomic E-state index is 13.6. The molecule has 0 amide bonds. The van der Waals surface area contributed by atoms with E-state index in [1.54, 1.807) is 20.1 Å². The number of carbonyl (C=O) groups excluding carboxylic acids is 1. The van der Waals surface area contributed by atoms with E-state index in [2.05, 4.69) is 48.5 Å². The summed E-state index contributed by atoms with van der Waals surface area (Å²) in [4.78, 5) is 13.6. The molecule has 0 aromatic heterocycles. The third-order valence-electron chi connectivity index (χ3n) is 10.9. The van der Waals surface area contributed by atoms with Gasteiger partial charge in [0.2, 0.25) is 0 Å². The van der Waals surface area contributed by atoms with Crippen LogP contribution in [0.4, 0.5) is 5.69 Å². The van der Waals surface area contributed by atoms with Gasteiger partial charge in [0, 0.05) is 37.1 Å². The molecule has 8 heteroatoms. The van der Waals surface area contributed by atoms with Gasteiger partial charge in [0.1, 0.15) is 36.1 Å². The lowest BCUT2D eigenvalue weighted by atomic mass is 9.80. The molecule has 0 saturated heterocycles. The van der Waals surface area contributed by atoms with Crippen LogP contribution in [0, 0.1) is 23.9 Å². The molecule has 2 aliphatic heterocycles. The average Bonchev–Trinajstić information content (AvgIpc) is 3.19. The zero-order valence-electron chi connectivity index (χ0n) is 32.9. The van der Waals surface area contributed by atoms with Crippen molar-refractivity contribution < 1.29 is 34.3 Å². The molecule has 4 aromatic carbocycles. The SMILES string of the molecule is CCc1cc(O)c2c3ccc(cc13)COc1cc(ccc1OC)CCC(=O)CC(CC1C=C(O)C=CC1CCCCc1cccc(NCC(C)O)c1)OC#CC2. The van der Waals surface area contributed by atoms with Gasteiger partial charge in [-0.05, 0) is 139 Å². The summed E-state index contributed by atoms with van der Waals surface area (Å²) in [5.74, 6) is 5.03. The van der Waals surface area contributed by atoms with Crippen molar-refractivity contribution in [3.8, 4) is 29.3 Å². The van der Waals surface area contributed by atoms with Crippen molar-refractivity contribution in [2.75, 3.05) is 19.0 Å². The molecule has 4 atom stereocenters. The molecule has 8 nitrogen and oxygen atoms in total. The highest BCUT2D eigenvalue weighted by Crippen LogP contribution is 2.35. The van der Waals surface area contributed by atoms with E-state index in [-0.39, 0.29) is 42.0 Å². The molecule has 2 heterocycles. The Labute approximate surface area is 331 Å². The average molecular weight is 758 g/mol. The van der Waals surface area contributed by atoms with Crippen LogP contribution in [0.15, 0.2) is 90.7 Å². The molecule has 1 aliphatic carbocycles. The third-order valence-corrected chi connectivity index (χ3v) is 10.9. The lowest BCUT2D eigenvalue weighted by Gasteiger charge is -2.28. The molecule has 0 radical (unpaired) electrons. The minimum Gasteiger partial charge on any atom is -0.508 e. The molecule has 3 aliphatic rings. The van der Waals surface area contributed by atoms with Crippen LogP contribution < -0.4 is 14.8 Å². The lowest BCUT2D eigenvalue weighted by Crippen LogP contribution is -2.24. The molecular weight excluding hydrogens is 703 g/mol. The van der Waals surface area contributed by atoms with Gasteiger partial charge < -0.3 is 34.8 Å². The molecule has 4 unspecified atom stereocenters. The number of phenols is 1. The number of unbranched alkanes of at least 4 members (excludes halogenated alkanes) is 1. The zero-order valence-corrected chi connectivity index (χ0v) is 32.9. The van der Waals surface area contributed by atoms with Crippen molar-refractivity contribution in [1.29, 1.82) is 0 Å². The first-order valence-electron chi connectivity index (χ1n) is 20.0. The second kappa shape index (κ2) is 19.5. The molecule has 7 rings (SSSR count). The van der Waals surface area contributed by atoms with Crippen LogP contribution in [0.3, 0.4) is 0 Å². The highest BCUT2D eigenvalue weighted by molar-refractivity contribution is 5.91. The van der Waals surface area contributed by atoms with Crippen molar-refractivity contribution in [1.82, 2.24) is 0 Å². The number of aromatic hydroxyl groups is 1. The topological polar surface area (TPSA) is 117 Å². The van der Waals surface area contributed by atoms with Crippen LogP contribution in [0.25, 0.3) is 10.8 Å². The number of hydrogen-bond donors (Lipinski definition) is 4. The number of ketones is 1. The number of allylic oxidation sites excluding steroid dienone is 3. The van der Waals surface area contributed by atoms with Gasteiger partial charge in [0.05, 0.1) is 13.2 Å². The van der Waals surface area contributed by atoms with Gasteiger partial charge >= 0.3 is 0 Å². The first-order chi connectivity index (χ1) is 27.2. The van der Waals surface area contributed by atoms with E-state index in [0.717, 1.165) is 70.8 Å².